The number of nitrogens with one attached hydrogen (secondary N) is 1. The third-order valence-corrected chi connectivity index (χ3v) is 8.63. The second-order valence-electron chi connectivity index (χ2n) is 10.6. The largest absolute Gasteiger partial charge is 0.352 e. The van der Waals surface area contributed by atoms with Gasteiger partial charge in [-0.2, -0.15) is 0 Å². The summed E-state index contributed by atoms with van der Waals surface area (Å²) in [5.41, 5.74) is 2.18. The van der Waals surface area contributed by atoms with Crippen molar-refractivity contribution in [1.29, 1.82) is 0 Å². The topological polar surface area (TPSA) is 86.8 Å². The van der Waals surface area contributed by atoms with E-state index in [0.717, 1.165) is 43.1 Å². The lowest BCUT2D eigenvalue weighted by Gasteiger charge is -2.32. The highest BCUT2D eigenvalue weighted by Crippen LogP contribution is 2.22. The number of rotatable bonds is 13. The zero-order valence-corrected chi connectivity index (χ0v) is 24.2. The van der Waals surface area contributed by atoms with Crippen molar-refractivity contribution in [3.63, 3.8) is 0 Å². The molecule has 7 nitrogen and oxygen atoms in total. The highest BCUT2D eigenvalue weighted by molar-refractivity contribution is 7.92. The van der Waals surface area contributed by atoms with Crippen LogP contribution >= 0.6 is 0 Å². The summed E-state index contributed by atoms with van der Waals surface area (Å²) >= 11 is 0. The first-order valence-corrected chi connectivity index (χ1v) is 16.0. The van der Waals surface area contributed by atoms with Crippen LogP contribution in [-0.4, -0.2) is 50.0 Å². The van der Waals surface area contributed by atoms with Crippen LogP contribution in [0.5, 0.6) is 0 Å². The van der Waals surface area contributed by atoms with E-state index >= 15 is 0 Å². The fraction of sp³-hybridized carbons (Fsp3) is 0.375. The minimum absolute atomic E-state index is 0.0437. The van der Waals surface area contributed by atoms with Crippen LogP contribution < -0.4 is 9.62 Å². The predicted octanol–water partition coefficient (Wildman–Crippen LogP) is 5.07. The van der Waals surface area contributed by atoms with E-state index < -0.39 is 21.9 Å². The van der Waals surface area contributed by atoms with Crippen molar-refractivity contribution in [1.82, 2.24) is 10.2 Å². The summed E-state index contributed by atoms with van der Waals surface area (Å²) in [5.74, 6) is -0.868. The molecule has 0 bridgehead atoms. The number of anilines is 1. The second-order valence-corrected chi connectivity index (χ2v) is 12.5. The van der Waals surface area contributed by atoms with Crippen LogP contribution in [0.3, 0.4) is 0 Å². The molecule has 3 aromatic carbocycles. The van der Waals surface area contributed by atoms with Crippen LogP contribution in [0, 0.1) is 5.82 Å². The lowest BCUT2D eigenvalue weighted by Crippen LogP contribution is -2.52. The quantitative estimate of drug-likeness (QED) is 0.306. The Morgan fingerprint density at radius 3 is 2.07 bits per heavy atom. The van der Waals surface area contributed by atoms with Crippen LogP contribution in [0.2, 0.25) is 0 Å². The smallest absolute Gasteiger partial charge is 0.243 e. The molecule has 0 aliphatic heterocycles. The van der Waals surface area contributed by atoms with E-state index in [-0.39, 0.29) is 43.8 Å². The molecule has 4 rings (SSSR count). The number of sulfonamides is 1. The van der Waals surface area contributed by atoms with Gasteiger partial charge in [-0.15, -0.1) is 0 Å². The molecule has 1 aliphatic carbocycles. The average Bonchev–Trinajstić information content (AvgIpc) is 3.47. The maximum absolute atomic E-state index is 13.9. The summed E-state index contributed by atoms with van der Waals surface area (Å²) in [6.07, 6.45) is 5.74. The lowest BCUT2D eigenvalue weighted by atomic mass is 10.0. The van der Waals surface area contributed by atoms with Gasteiger partial charge in [0.1, 0.15) is 11.9 Å². The minimum Gasteiger partial charge on any atom is -0.352 e. The van der Waals surface area contributed by atoms with Gasteiger partial charge in [0.15, 0.2) is 0 Å². The van der Waals surface area contributed by atoms with Gasteiger partial charge >= 0.3 is 0 Å². The van der Waals surface area contributed by atoms with Crippen LogP contribution in [0.15, 0.2) is 84.9 Å². The van der Waals surface area contributed by atoms with Gasteiger partial charge in [0.25, 0.3) is 0 Å². The molecule has 9 heteroatoms. The van der Waals surface area contributed by atoms with E-state index in [1.807, 2.05) is 60.7 Å². The van der Waals surface area contributed by atoms with E-state index in [1.165, 1.54) is 28.6 Å². The van der Waals surface area contributed by atoms with Crippen LogP contribution in [0.25, 0.3) is 0 Å². The van der Waals surface area contributed by atoms with E-state index in [0.29, 0.717) is 12.1 Å². The Morgan fingerprint density at radius 2 is 1.49 bits per heavy atom. The molecule has 41 heavy (non-hydrogen) atoms. The number of halogens is 1. The summed E-state index contributed by atoms with van der Waals surface area (Å²) < 4.78 is 39.7. The van der Waals surface area contributed by atoms with E-state index in [9.17, 15) is 22.4 Å². The van der Waals surface area contributed by atoms with Crippen molar-refractivity contribution in [2.24, 2.45) is 0 Å². The molecular formula is C32H38FN3O4S. The first-order valence-electron chi connectivity index (χ1n) is 14.1. The van der Waals surface area contributed by atoms with Crippen molar-refractivity contribution < 1.29 is 22.4 Å². The molecule has 0 saturated heterocycles. The van der Waals surface area contributed by atoms with Gasteiger partial charge in [0.05, 0.1) is 11.9 Å². The van der Waals surface area contributed by atoms with Gasteiger partial charge in [-0.25, -0.2) is 12.8 Å². The zero-order chi connectivity index (χ0) is 29.2. The van der Waals surface area contributed by atoms with E-state index in [1.54, 1.807) is 4.90 Å². The Bertz CT molecular complexity index is 1380. The third-order valence-electron chi connectivity index (χ3n) is 7.44. The molecule has 0 spiro atoms. The number of hydrogen-bond acceptors (Lipinski definition) is 4. The standard InChI is InChI=1S/C32H38FN3O4S/c1-41(39,40)36(29-20-18-27(33)19-21-29)22-10-17-31(37)35(24-26-13-6-3-7-14-26)30(23-25-11-4-2-5-12-25)32(38)34-28-15-8-9-16-28/h2-7,11-14,18-21,28,30H,8-10,15-17,22-24H2,1H3,(H,34,38). The van der Waals surface area contributed by atoms with Gasteiger partial charge < -0.3 is 10.2 Å². The minimum atomic E-state index is -3.66. The summed E-state index contributed by atoms with van der Waals surface area (Å²) in [6.45, 7) is 0.302. The number of benzene rings is 3. The maximum Gasteiger partial charge on any atom is 0.243 e. The van der Waals surface area contributed by atoms with Crippen LogP contribution in [0.1, 0.15) is 49.7 Å². The Balaban J connectivity index is 1.56. The monoisotopic (exact) mass is 579 g/mol. The fourth-order valence-electron chi connectivity index (χ4n) is 5.31. The SMILES string of the molecule is CS(=O)(=O)N(CCCC(=O)N(Cc1ccccc1)C(Cc1ccccc1)C(=O)NC1CCCC1)c1ccc(F)cc1. The lowest BCUT2D eigenvalue weighted by molar-refractivity contribution is -0.141. The van der Waals surface area contributed by atoms with Gasteiger partial charge in [-0.3, -0.25) is 13.9 Å². The van der Waals surface area contributed by atoms with E-state index in [2.05, 4.69) is 5.32 Å². The molecule has 1 saturated carbocycles. The molecule has 1 N–H and O–H groups in total. The maximum atomic E-state index is 13.9. The number of hydrogen-bond donors (Lipinski definition) is 1. The molecule has 3 aromatic rings. The second kappa shape index (κ2) is 14.3. The Hall–Kier alpha value is -3.72. The Kier molecular flexibility index (Phi) is 10.5. The first-order chi connectivity index (χ1) is 19.7. The number of nitrogens with zero attached hydrogens (tertiary/aromatic N) is 2. The normalized spacial score (nSPS) is 14.4. The van der Waals surface area contributed by atoms with Crippen LogP contribution in [-0.2, 0) is 32.6 Å². The Morgan fingerprint density at radius 1 is 0.902 bits per heavy atom. The number of carbonyl (C=O) groups is 2. The number of amides is 2. The molecule has 0 heterocycles. The Labute approximate surface area is 242 Å². The molecular weight excluding hydrogens is 541 g/mol. The van der Waals surface area contributed by atoms with Crippen molar-refractivity contribution in [2.75, 3.05) is 17.1 Å². The summed E-state index contributed by atoms with van der Waals surface area (Å²) in [5, 5.41) is 3.19. The molecule has 0 radical (unpaired) electrons. The molecule has 2 amide bonds. The molecule has 1 atom stereocenters. The van der Waals surface area contributed by atoms with Crippen molar-refractivity contribution in [3.8, 4) is 0 Å². The summed E-state index contributed by atoms with van der Waals surface area (Å²) in [4.78, 5) is 29.2. The molecule has 0 aromatic heterocycles. The zero-order valence-electron chi connectivity index (χ0n) is 23.4. The van der Waals surface area contributed by atoms with Gasteiger partial charge in [0.2, 0.25) is 21.8 Å². The average molecular weight is 580 g/mol. The third kappa shape index (κ3) is 8.88. The first kappa shape index (κ1) is 30.2. The van der Waals surface area contributed by atoms with Crippen LogP contribution in [0.4, 0.5) is 10.1 Å². The highest BCUT2D eigenvalue weighted by Gasteiger charge is 2.32. The van der Waals surface area contributed by atoms with Crippen molar-refractivity contribution >= 4 is 27.5 Å². The predicted molar refractivity (Wildman–Crippen MR) is 159 cm³/mol. The summed E-state index contributed by atoms with van der Waals surface area (Å²) in [7, 11) is -3.66. The van der Waals surface area contributed by atoms with Gasteiger partial charge in [-0.1, -0.05) is 73.5 Å². The van der Waals surface area contributed by atoms with Gasteiger partial charge in [-0.05, 0) is 54.7 Å². The van der Waals surface area contributed by atoms with Crippen molar-refractivity contribution in [3.05, 3.63) is 102 Å². The molecule has 218 valence electrons. The molecule has 1 unspecified atom stereocenters. The molecule has 1 fully saturated rings. The summed E-state index contributed by atoms with van der Waals surface area (Å²) in [6, 6.07) is 23.8. The molecule has 1 aliphatic rings. The highest BCUT2D eigenvalue weighted by atomic mass is 32.2. The van der Waals surface area contributed by atoms with Crippen molar-refractivity contribution in [2.45, 2.75) is 63.6 Å². The van der Waals surface area contributed by atoms with E-state index in [4.69, 9.17) is 0 Å². The van der Waals surface area contributed by atoms with Gasteiger partial charge in [0, 0.05) is 32.0 Å². The fourth-order valence-corrected chi connectivity index (χ4v) is 6.28. The number of carbonyl (C=O) groups excluding carboxylic acids is 2.